The topological polar surface area (TPSA) is 79.7 Å². The molecule has 1 amide bonds. The van der Waals surface area contributed by atoms with Gasteiger partial charge in [0.2, 0.25) is 0 Å². The van der Waals surface area contributed by atoms with E-state index in [1.54, 1.807) is 48.8 Å². The second kappa shape index (κ2) is 8.39. The molecular formula is C24H19FN2O4. The first-order chi connectivity index (χ1) is 15.0. The lowest BCUT2D eigenvalue weighted by Crippen LogP contribution is -2.29. The number of ketones is 1. The van der Waals surface area contributed by atoms with Crippen molar-refractivity contribution in [3.63, 3.8) is 0 Å². The Morgan fingerprint density at radius 3 is 2.42 bits per heavy atom. The maximum Gasteiger partial charge on any atom is 0.295 e. The number of hydrogen-bond donors (Lipinski definition) is 1. The van der Waals surface area contributed by atoms with Gasteiger partial charge in [-0.15, -0.1) is 0 Å². The van der Waals surface area contributed by atoms with Crippen LogP contribution in [0.25, 0.3) is 5.76 Å². The van der Waals surface area contributed by atoms with E-state index in [9.17, 15) is 19.1 Å². The van der Waals surface area contributed by atoms with Crippen LogP contribution >= 0.6 is 0 Å². The van der Waals surface area contributed by atoms with Crippen LogP contribution < -0.4 is 4.74 Å². The van der Waals surface area contributed by atoms with E-state index in [4.69, 9.17) is 4.74 Å². The number of Topliss-reactive ketones (excluding diaryl/α,β-unsaturated/α-hetero) is 1. The summed E-state index contributed by atoms with van der Waals surface area (Å²) in [5.74, 6) is -1.74. The van der Waals surface area contributed by atoms with Crippen LogP contribution in [0.3, 0.4) is 0 Å². The second-order valence-corrected chi connectivity index (χ2v) is 7.07. The Morgan fingerprint density at radius 2 is 1.81 bits per heavy atom. The van der Waals surface area contributed by atoms with Crippen molar-refractivity contribution in [1.29, 1.82) is 0 Å². The van der Waals surface area contributed by atoms with Crippen molar-refractivity contribution in [2.75, 3.05) is 7.11 Å². The van der Waals surface area contributed by atoms with E-state index < -0.39 is 23.5 Å². The summed E-state index contributed by atoms with van der Waals surface area (Å²) in [7, 11) is 1.54. The number of amides is 1. The lowest BCUT2D eigenvalue weighted by molar-refractivity contribution is -0.140. The van der Waals surface area contributed by atoms with Crippen molar-refractivity contribution in [3.8, 4) is 5.75 Å². The van der Waals surface area contributed by atoms with Crippen LogP contribution in [0.1, 0.15) is 22.7 Å². The second-order valence-electron chi connectivity index (χ2n) is 7.07. The van der Waals surface area contributed by atoms with Crippen LogP contribution in [-0.2, 0) is 16.1 Å². The standard InChI is InChI=1S/C24H19FN2O4/c1-31-19-10-6-16(7-11-19)21-20(22(28)17-4-8-18(25)9-5-17)23(29)24(30)27(21)14-15-3-2-12-26-13-15/h2-13,21,28H,14H2,1H3. The third-order valence-corrected chi connectivity index (χ3v) is 5.16. The molecule has 6 nitrogen and oxygen atoms in total. The van der Waals surface area contributed by atoms with Crippen molar-refractivity contribution in [3.05, 3.63) is 101 Å². The first-order valence-electron chi connectivity index (χ1n) is 9.57. The minimum Gasteiger partial charge on any atom is -0.507 e. The average Bonchev–Trinajstić information content (AvgIpc) is 3.05. The number of likely N-dealkylation sites (tertiary alicyclic amines) is 1. The van der Waals surface area contributed by atoms with Gasteiger partial charge in [-0.2, -0.15) is 0 Å². The minimum absolute atomic E-state index is 0.0503. The van der Waals surface area contributed by atoms with E-state index in [1.165, 1.54) is 36.3 Å². The third kappa shape index (κ3) is 3.90. The lowest BCUT2D eigenvalue weighted by atomic mass is 9.95. The van der Waals surface area contributed by atoms with Crippen molar-refractivity contribution in [2.45, 2.75) is 12.6 Å². The molecule has 0 aliphatic carbocycles. The van der Waals surface area contributed by atoms with Crippen LogP contribution in [-0.4, -0.2) is 33.8 Å². The van der Waals surface area contributed by atoms with Gasteiger partial charge in [0.05, 0.1) is 18.7 Å². The molecule has 1 N–H and O–H groups in total. The van der Waals surface area contributed by atoms with Gasteiger partial charge in [0.1, 0.15) is 17.3 Å². The molecule has 2 aromatic carbocycles. The van der Waals surface area contributed by atoms with Crippen molar-refractivity contribution >= 4 is 17.4 Å². The van der Waals surface area contributed by atoms with Crippen LogP contribution in [0.5, 0.6) is 5.75 Å². The van der Waals surface area contributed by atoms with E-state index >= 15 is 0 Å². The zero-order valence-electron chi connectivity index (χ0n) is 16.7. The molecule has 31 heavy (non-hydrogen) atoms. The van der Waals surface area contributed by atoms with Gasteiger partial charge in [0.15, 0.2) is 0 Å². The number of aliphatic hydroxyl groups is 1. The molecule has 1 aliphatic rings. The summed E-state index contributed by atoms with van der Waals surface area (Å²) in [5.41, 5.74) is 1.57. The average molecular weight is 418 g/mol. The van der Waals surface area contributed by atoms with Crippen molar-refractivity contribution in [2.24, 2.45) is 0 Å². The molecule has 1 unspecified atom stereocenters. The summed E-state index contributed by atoms with van der Waals surface area (Å²) in [5, 5.41) is 10.9. The number of carbonyl (C=O) groups is 2. The Morgan fingerprint density at radius 1 is 1.10 bits per heavy atom. The van der Waals surface area contributed by atoms with Gasteiger partial charge < -0.3 is 14.7 Å². The maximum atomic E-state index is 13.3. The van der Waals surface area contributed by atoms with Gasteiger partial charge in [-0.25, -0.2) is 4.39 Å². The van der Waals surface area contributed by atoms with Crippen LogP contribution in [0, 0.1) is 5.82 Å². The molecular weight excluding hydrogens is 399 g/mol. The number of ether oxygens (including phenoxy) is 1. The molecule has 4 rings (SSSR count). The fraction of sp³-hybridized carbons (Fsp3) is 0.125. The van der Waals surface area contributed by atoms with Gasteiger partial charge in [-0.3, -0.25) is 14.6 Å². The normalized spacial score (nSPS) is 17.7. The molecule has 0 saturated carbocycles. The summed E-state index contributed by atoms with van der Waals surface area (Å²) in [6, 6.07) is 14.7. The fourth-order valence-electron chi connectivity index (χ4n) is 3.63. The van der Waals surface area contributed by atoms with Gasteiger partial charge in [0, 0.05) is 24.5 Å². The number of carbonyl (C=O) groups excluding carboxylic acids is 2. The predicted molar refractivity (Wildman–Crippen MR) is 111 cm³/mol. The smallest absolute Gasteiger partial charge is 0.295 e. The molecule has 1 fully saturated rings. The summed E-state index contributed by atoms with van der Waals surface area (Å²) < 4.78 is 18.5. The number of aromatic nitrogens is 1. The maximum absolute atomic E-state index is 13.3. The van der Waals surface area contributed by atoms with Gasteiger partial charge in [-0.05, 0) is 53.6 Å². The van der Waals surface area contributed by atoms with Crippen molar-refractivity contribution in [1.82, 2.24) is 9.88 Å². The molecule has 7 heteroatoms. The molecule has 156 valence electrons. The summed E-state index contributed by atoms with van der Waals surface area (Å²) >= 11 is 0. The van der Waals surface area contributed by atoms with Gasteiger partial charge in [0.25, 0.3) is 11.7 Å². The summed E-state index contributed by atoms with van der Waals surface area (Å²) in [6.45, 7) is 0.134. The Balaban J connectivity index is 1.85. The number of aliphatic hydroxyl groups excluding tert-OH is 1. The molecule has 1 aliphatic heterocycles. The number of pyridine rings is 1. The fourth-order valence-corrected chi connectivity index (χ4v) is 3.63. The zero-order chi connectivity index (χ0) is 22.0. The number of methoxy groups -OCH3 is 1. The first kappa shape index (κ1) is 20.3. The Labute approximate surface area is 178 Å². The molecule has 1 aromatic heterocycles. The lowest BCUT2D eigenvalue weighted by Gasteiger charge is -2.25. The molecule has 0 bridgehead atoms. The SMILES string of the molecule is COc1ccc(C2C(=C(O)c3ccc(F)cc3)C(=O)C(=O)N2Cc2cccnc2)cc1. The molecule has 3 aromatic rings. The molecule has 0 spiro atoms. The van der Waals surface area contributed by atoms with E-state index in [1.807, 2.05) is 0 Å². The number of halogens is 1. The van der Waals surface area contributed by atoms with Gasteiger partial charge >= 0.3 is 0 Å². The number of nitrogens with zero attached hydrogens (tertiary/aromatic N) is 2. The zero-order valence-corrected chi connectivity index (χ0v) is 16.7. The highest BCUT2D eigenvalue weighted by Gasteiger charge is 2.46. The molecule has 1 atom stereocenters. The molecule has 1 saturated heterocycles. The highest BCUT2D eigenvalue weighted by molar-refractivity contribution is 6.46. The van der Waals surface area contributed by atoms with Crippen LogP contribution in [0.4, 0.5) is 4.39 Å². The monoisotopic (exact) mass is 418 g/mol. The van der Waals surface area contributed by atoms with E-state index in [0.717, 1.165) is 5.56 Å². The number of benzene rings is 2. The summed E-state index contributed by atoms with van der Waals surface area (Å²) in [6.07, 6.45) is 3.23. The predicted octanol–water partition coefficient (Wildman–Crippen LogP) is 3.85. The molecule has 2 heterocycles. The number of rotatable bonds is 5. The largest absolute Gasteiger partial charge is 0.507 e. The minimum atomic E-state index is -0.823. The van der Waals surface area contributed by atoms with Crippen LogP contribution in [0.15, 0.2) is 78.6 Å². The quantitative estimate of drug-likeness (QED) is 0.387. The van der Waals surface area contributed by atoms with E-state index in [-0.39, 0.29) is 23.4 Å². The first-order valence-corrected chi connectivity index (χ1v) is 9.57. The highest BCUT2D eigenvalue weighted by atomic mass is 19.1. The Hall–Kier alpha value is -4.00. The Bertz CT molecular complexity index is 1140. The third-order valence-electron chi connectivity index (χ3n) is 5.16. The molecule has 0 radical (unpaired) electrons. The highest BCUT2D eigenvalue weighted by Crippen LogP contribution is 2.40. The van der Waals surface area contributed by atoms with Gasteiger partial charge in [-0.1, -0.05) is 18.2 Å². The Kier molecular flexibility index (Phi) is 5.49. The summed E-state index contributed by atoms with van der Waals surface area (Å²) in [4.78, 5) is 31.4. The number of hydrogen-bond acceptors (Lipinski definition) is 5. The van der Waals surface area contributed by atoms with Crippen LogP contribution in [0.2, 0.25) is 0 Å². The van der Waals surface area contributed by atoms with E-state index in [0.29, 0.717) is 11.3 Å². The van der Waals surface area contributed by atoms with E-state index in [2.05, 4.69) is 4.98 Å². The van der Waals surface area contributed by atoms with Crippen molar-refractivity contribution < 1.29 is 23.8 Å².